The largest absolute Gasteiger partial charge is 0.339 e. The Morgan fingerprint density at radius 2 is 1.70 bits per heavy atom. The Hall–Kier alpha value is -2.47. The van der Waals surface area contributed by atoms with Crippen LogP contribution in [0.15, 0.2) is 53.1 Å². The molecule has 0 bridgehead atoms. The number of aromatic nitrogens is 3. The summed E-state index contributed by atoms with van der Waals surface area (Å²) in [5, 5.41) is 14.5. The van der Waals surface area contributed by atoms with Crippen LogP contribution in [0.4, 0.5) is 23.1 Å². The highest BCUT2D eigenvalue weighted by Gasteiger charge is 2.06. The number of aryl methyl sites for hydroxylation is 2. The number of nitrogens with one attached hydrogen (secondary N) is 2. The summed E-state index contributed by atoms with van der Waals surface area (Å²) < 4.78 is 0.999. The van der Waals surface area contributed by atoms with Crippen molar-refractivity contribution in [1.29, 1.82) is 0 Å². The second kappa shape index (κ2) is 6.75. The molecule has 0 aliphatic rings. The quantitative estimate of drug-likeness (QED) is 0.695. The molecule has 6 heteroatoms. The van der Waals surface area contributed by atoms with Crippen molar-refractivity contribution in [3.8, 4) is 0 Å². The van der Waals surface area contributed by atoms with Gasteiger partial charge in [0.05, 0.1) is 6.20 Å². The van der Waals surface area contributed by atoms with Crippen LogP contribution in [-0.2, 0) is 0 Å². The van der Waals surface area contributed by atoms with Crippen LogP contribution in [-0.4, -0.2) is 15.2 Å². The molecule has 0 fully saturated rings. The van der Waals surface area contributed by atoms with Crippen LogP contribution in [0, 0.1) is 13.8 Å². The summed E-state index contributed by atoms with van der Waals surface area (Å²) in [7, 11) is 0. The van der Waals surface area contributed by atoms with Gasteiger partial charge >= 0.3 is 0 Å². The highest BCUT2D eigenvalue weighted by atomic mass is 79.9. The lowest BCUT2D eigenvalue weighted by atomic mass is 10.1. The number of hydrogen-bond donors (Lipinski definition) is 2. The predicted octanol–water partition coefficient (Wildman–Crippen LogP) is 4.74. The lowest BCUT2D eigenvalue weighted by Gasteiger charge is -2.11. The highest BCUT2D eigenvalue weighted by molar-refractivity contribution is 9.10. The Morgan fingerprint density at radius 1 is 0.957 bits per heavy atom. The second-order valence-corrected chi connectivity index (χ2v) is 6.11. The minimum absolute atomic E-state index is 0.461. The Morgan fingerprint density at radius 3 is 2.43 bits per heavy atom. The number of para-hydroxylation sites is 1. The van der Waals surface area contributed by atoms with Gasteiger partial charge < -0.3 is 10.6 Å². The molecular formula is C17H16BrN5. The molecule has 116 valence electrons. The van der Waals surface area contributed by atoms with Crippen LogP contribution in [0.1, 0.15) is 11.1 Å². The first-order valence-electron chi connectivity index (χ1n) is 7.17. The molecule has 5 nitrogen and oxygen atoms in total. The van der Waals surface area contributed by atoms with Crippen molar-refractivity contribution in [1.82, 2.24) is 15.2 Å². The van der Waals surface area contributed by atoms with Gasteiger partial charge in [0.1, 0.15) is 0 Å². The molecule has 3 rings (SSSR count). The van der Waals surface area contributed by atoms with Gasteiger partial charge in [0.2, 0.25) is 5.95 Å². The topological polar surface area (TPSA) is 62.7 Å². The SMILES string of the molecule is Cc1cccc(C)c1Nc1nncc(Nc2cccc(Br)c2)n1. The minimum Gasteiger partial charge on any atom is -0.339 e. The third kappa shape index (κ3) is 3.84. The van der Waals surface area contributed by atoms with Gasteiger partial charge in [-0.05, 0) is 43.2 Å². The van der Waals surface area contributed by atoms with Crippen LogP contribution in [0.3, 0.4) is 0 Å². The van der Waals surface area contributed by atoms with Gasteiger partial charge in [-0.3, -0.25) is 0 Å². The number of nitrogens with zero attached hydrogens (tertiary/aromatic N) is 3. The molecule has 0 spiro atoms. The van der Waals surface area contributed by atoms with E-state index in [1.807, 2.05) is 56.3 Å². The van der Waals surface area contributed by atoms with Crippen molar-refractivity contribution in [2.45, 2.75) is 13.8 Å². The van der Waals surface area contributed by atoms with Crippen LogP contribution in [0.25, 0.3) is 0 Å². The lowest BCUT2D eigenvalue weighted by Crippen LogP contribution is -2.04. The van der Waals surface area contributed by atoms with Crippen molar-refractivity contribution >= 4 is 39.1 Å². The van der Waals surface area contributed by atoms with Gasteiger partial charge in [0.25, 0.3) is 0 Å². The predicted molar refractivity (Wildman–Crippen MR) is 96.5 cm³/mol. The molecule has 1 aromatic heterocycles. The summed E-state index contributed by atoms with van der Waals surface area (Å²) in [6, 6.07) is 14.0. The highest BCUT2D eigenvalue weighted by Crippen LogP contribution is 2.23. The zero-order chi connectivity index (χ0) is 16.2. The lowest BCUT2D eigenvalue weighted by molar-refractivity contribution is 0.981. The molecule has 2 aromatic carbocycles. The van der Waals surface area contributed by atoms with Crippen LogP contribution in [0.2, 0.25) is 0 Å². The summed E-state index contributed by atoms with van der Waals surface area (Å²) in [5.41, 5.74) is 4.21. The summed E-state index contributed by atoms with van der Waals surface area (Å²) in [5.74, 6) is 1.09. The Kier molecular flexibility index (Phi) is 4.52. The van der Waals surface area contributed by atoms with E-state index in [0.717, 1.165) is 27.0 Å². The van der Waals surface area contributed by atoms with Gasteiger partial charge in [0.15, 0.2) is 5.82 Å². The third-order valence-electron chi connectivity index (χ3n) is 3.37. The van der Waals surface area contributed by atoms with Crippen LogP contribution in [0.5, 0.6) is 0 Å². The number of halogens is 1. The zero-order valence-electron chi connectivity index (χ0n) is 12.8. The number of benzene rings is 2. The normalized spacial score (nSPS) is 10.4. The number of rotatable bonds is 4. The maximum absolute atomic E-state index is 4.46. The first-order valence-corrected chi connectivity index (χ1v) is 7.97. The van der Waals surface area contributed by atoms with Gasteiger partial charge in [-0.1, -0.05) is 40.2 Å². The van der Waals surface area contributed by atoms with Gasteiger partial charge in [-0.15, -0.1) is 5.10 Å². The summed E-state index contributed by atoms with van der Waals surface area (Å²) in [4.78, 5) is 4.46. The summed E-state index contributed by atoms with van der Waals surface area (Å²) >= 11 is 3.45. The fourth-order valence-electron chi connectivity index (χ4n) is 2.25. The molecule has 0 aliphatic heterocycles. The van der Waals surface area contributed by atoms with E-state index in [1.165, 1.54) is 0 Å². The zero-order valence-corrected chi connectivity index (χ0v) is 14.4. The number of hydrogen-bond acceptors (Lipinski definition) is 5. The molecule has 23 heavy (non-hydrogen) atoms. The molecule has 0 saturated heterocycles. The maximum Gasteiger partial charge on any atom is 0.249 e. The molecule has 2 N–H and O–H groups in total. The van der Waals surface area contributed by atoms with Crippen molar-refractivity contribution < 1.29 is 0 Å². The van der Waals surface area contributed by atoms with Gasteiger partial charge in [-0.2, -0.15) is 10.1 Å². The van der Waals surface area contributed by atoms with Gasteiger partial charge in [-0.25, -0.2) is 0 Å². The first kappa shape index (κ1) is 15.4. The molecule has 0 unspecified atom stereocenters. The van der Waals surface area contributed by atoms with E-state index in [0.29, 0.717) is 11.8 Å². The molecule has 1 heterocycles. The average molecular weight is 370 g/mol. The monoisotopic (exact) mass is 369 g/mol. The first-order chi connectivity index (χ1) is 11.1. The summed E-state index contributed by atoms with van der Waals surface area (Å²) in [6.07, 6.45) is 1.59. The van der Waals surface area contributed by atoms with Crippen LogP contribution < -0.4 is 10.6 Å². The van der Waals surface area contributed by atoms with E-state index in [-0.39, 0.29) is 0 Å². The molecule has 0 saturated carbocycles. The number of anilines is 4. The van der Waals surface area contributed by atoms with Crippen molar-refractivity contribution in [2.24, 2.45) is 0 Å². The third-order valence-corrected chi connectivity index (χ3v) is 3.87. The Bertz CT molecular complexity index is 814. The fourth-order valence-corrected chi connectivity index (χ4v) is 2.65. The minimum atomic E-state index is 0.461. The second-order valence-electron chi connectivity index (χ2n) is 5.19. The summed E-state index contributed by atoms with van der Waals surface area (Å²) in [6.45, 7) is 4.10. The fraction of sp³-hybridized carbons (Fsp3) is 0.118. The smallest absolute Gasteiger partial charge is 0.249 e. The van der Waals surface area contributed by atoms with E-state index in [2.05, 4.69) is 41.7 Å². The van der Waals surface area contributed by atoms with E-state index in [9.17, 15) is 0 Å². The van der Waals surface area contributed by atoms with Crippen molar-refractivity contribution in [3.63, 3.8) is 0 Å². The van der Waals surface area contributed by atoms with E-state index < -0.39 is 0 Å². The molecule has 0 atom stereocenters. The van der Waals surface area contributed by atoms with Crippen molar-refractivity contribution in [2.75, 3.05) is 10.6 Å². The van der Waals surface area contributed by atoms with E-state index in [1.54, 1.807) is 6.20 Å². The maximum atomic E-state index is 4.46. The van der Waals surface area contributed by atoms with Gasteiger partial charge in [0, 0.05) is 15.8 Å². The molecule has 0 aliphatic carbocycles. The van der Waals surface area contributed by atoms with E-state index >= 15 is 0 Å². The van der Waals surface area contributed by atoms with Crippen LogP contribution >= 0.6 is 15.9 Å². The van der Waals surface area contributed by atoms with E-state index in [4.69, 9.17) is 0 Å². The molecule has 3 aromatic rings. The standard InChI is InChI=1S/C17H16BrN5/c1-11-5-3-6-12(2)16(11)22-17-21-15(10-19-23-17)20-14-8-4-7-13(18)9-14/h3-10H,1-2H3,(H2,20,21,22,23). The Balaban J connectivity index is 1.83. The Labute approximate surface area is 143 Å². The average Bonchev–Trinajstić information content (AvgIpc) is 2.52. The molecule has 0 radical (unpaired) electrons. The molecular weight excluding hydrogens is 354 g/mol. The van der Waals surface area contributed by atoms with Crippen molar-refractivity contribution in [3.05, 3.63) is 64.3 Å². The molecule has 0 amide bonds.